The van der Waals surface area contributed by atoms with Crippen LogP contribution in [0.4, 0.5) is 0 Å². The summed E-state index contributed by atoms with van der Waals surface area (Å²) in [6, 6.07) is 0. The minimum absolute atomic E-state index is 0.0741. The maximum Gasteiger partial charge on any atom is 0.0779 e. The summed E-state index contributed by atoms with van der Waals surface area (Å²) in [4.78, 5) is 2.37. The SMILES string of the molecule is COC1(C)CC(C)CCN(C)C1. The molecule has 1 aliphatic heterocycles. The molecule has 1 heterocycles. The quantitative estimate of drug-likeness (QED) is 0.596. The van der Waals surface area contributed by atoms with E-state index in [9.17, 15) is 0 Å². The predicted molar refractivity (Wildman–Crippen MR) is 51.3 cm³/mol. The van der Waals surface area contributed by atoms with Crippen LogP contribution in [0.5, 0.6) is 0 Å². The van der Waals surface area contributed by atoms with Crippen molar-refractivity contribution in [3.05, 3.63) is 0 Å². The Balaban J connectivity index is 2.61. The van der Waals surface area contributed by atoms with Crippen molar-refractivity contribution >= 4 is 0 Å². The van der Waals surface area contributed by atoms with Crippen LogP contribution in [0.3, 0.4) is 0 Å². The zero-order valence-corrected chi connectivity index (χ0v) is 8.76. The molecule has 0 saturated carbocycles. The van der Waals surface area contributed by atoms with Gasteiger partial charge in [0.15, 0.2) is 0 Å². The molecule has 0 aromatic rings. The molecule has 0 aromatic carbocycles. The van der Waals surface area contributed by atoms with Gasteiger partial charge in [0.1, 0.15) is 0 Å². The molecule has 2 unspecified atom stereocenters. The van der Waals surface area contributed by atoms with Crippen LogP contribution in [-0.2, 0) is 4.74 Å². The van der Waals surface area contributed by atoms with Gasteiger partial charge in [-0.2, -0.15) is 0 Å². The molecule has 0 spiro atoms. The molecule has 2 nitrogen and oxygen atoms in total. The molecule has 1 rings (SSSR count). The summed E-state index contributed by atoms with van der Waals surface area (Å²) in [5.41, 5.74) is 0.0741. The number of hydrogen-bond acceptors (Lipinski definition) is 2. The zero-order chi connectivity index (χ0) is 9.19. The molecule has 0 bridgehead atoms. The fourth-order valence-corrected chi connectivity index (χ4v) is 2.14. The minimum atomic E-state index is 0.0741. The van der Waals surface area contributed by atoms with E-state index in [2.05, 4.69) is 25.8 Å². The molecule has 0 aromatic heterocycles. The highest BCUT2D eigenvalue weighted by molar-refractivity contribution is 4.83. The lowest BCUT2D eigenvalue weighted by Gasteiger charge is -2.30. The second kappa shape index (κ2) is 3.75. The van der Waals surface area contributed by atoms with Gasteiger partial charge in [-0.1, -0.05) is 6.92 Å². The van der Waals surface area contributed by atoms with Gasteiger partial charge in [0.05, 0.1) is 5.60 Å². The molecule has 72 valence electrons. The average Bonchev–Trinajstić information content (AvgIpc) is 2.11. The molecule has 0 N–H and O–H groups in total. The van der Waals surface area contributed by atoms with Crippen LogP contribution in [-0.4, -0.2) is 37.7 Å². The zero-order valence-electron chi connectivity index (χ0n) is 8.76. The molecule has 2 heteroatoms. The Hall–Kier alpha value is -0.0800. The lowest BCUT2D eigenvalue weighted by atomic mass is 9.93. The fourth-order valence-electron chi connectivity index (χ4n) is 2.14. The standard InChI is InChI=1S/C10H21NO/c1-9-5-6-11(3)8-10(2,7-9)12-4/h9H,5-8H2,1-4H3. The summed E-state index contributed by atoms with van der Waals surface area (Å²) in [6.07, 6.45) is 2.49. The Bertz CT molecular complexity index is 135. The summed E-state index contributed by atoms with van der Waals surface area (Å²) in [7, 11) is 4.00. The predicted octanol–water partition coefficient (Wildman–Crippen LogP) is 1.75. The van der Waals surface area contributed by atoms with Crippen molar-refractivity contribution in [3.63, 3.8) is 0 Å². The van der Waals surface area contributed by atoms with Gasteiger partial charge in [0, 0.05) is 13.7 Å². The second-order valence-corrected chi connectivity index (χ2v) is 4.49. The maximum absolute atomic E-state index is 5.56. The van der Waals surface area contributed by atoms with E-state index in [4.69, 9.17) is 4.74 Å². The van der Waals surface area contributed by atoms with Gasteiger partial charge < -0.3 is 9.64 Å². The largest absolute Gasteiger partial charge is 0.377 e. The van der Waals surface area contributed by atoms with E-state index in [1.54, 1.807) is 0 Å². The normalized spacial score (nSPS) is 39.5. The van der Waals surface area contributed by atoms with Crippen molar-refractivity contribution in [1.82, 2.24) is 4.90 Å². The Morgan fingerprint density at radius 2 is 2.17 bits per heavy atom. The van der Waals surface area contributed by atoms with Crippen molar-refractivity contribution in [2.75, 3.05) is 27.2 Å². The van der Waals surface area contributed by atoms with Crippen LogP contribution < -0.4 is 0 Å². The van der Waals surface area contributed by atoms with Crippen molar-refractivity contribution < 1.29 is 4.74 Å². The first kappa shape index (κ1) is 10.0. The van der Waals surface area contributed by atoms with Crippen LogP contribution >= 0.6 is 0 Å². The third kappa shape index (κ3) is 2.46. The molecule has 12 heavy (non-hydrogen) atoms. The number of hydrogen-bond donors (Lipinski definition) is 0. The first-order valence-corrected chi connectivity index (χ1v) is 4.79. The number of likely N-dealkylation sites (N-methyl/N-ethyl adjacent to an activating group) is 1. The molecule has 2 atom stereocenters. The highest BCUT2D eigenvalue weighted by atomic mass is 16.5. The molecule has 1 fully saturated rings. The smallest absolute Gasteiger partial charge is 0.0779 e. The van der Waals surface area contributed by atoms with Gasteiger partial charge >= 0.3 is 0 Å². The molecule has 0 radical (unpaired) electrons. The van der Waals surface area contributed by atoms with Crippen molar-refractivity contribution in [2.24, 2.45) is 5.92 Å². The lowest BCUT2D eigenvalue weighted by Crippen LogP contribution is -2.39. The topological polar surface area (TPSA) is 12.5 Å². The third-order valence-corrected chi connectivity index (χ3v) is 2.88. The Morgan fingerprint density at radius 1 is 1.50 bits per heavy atom. The van der Waals surface area contributed by atoms with Gasteiger partial charge in [0.25, 0.3) is 0 Å². The van der Waals surface area contributed by atoms with E-state index in [-0.39, 0.29) is 5.60 Å². The summed E-state index contributed by atoms with van der Waals surface area (Å²) in [6.45, 7) is 6.80. The Kier molecular flexibility index (Phi) is 3.13. The molecule has 1 saturated heterocycles. The van der Waals surface area contributed by atoms with Gasteiger partial charge in [-0.15, -0.1) is 0 Å². The van der Waals surface area contributed by atoms with Crippen LogP contribution in [0.25, 0.3) is 0 Å². The van der Waals surface area contributed by atoms with Gasteiger partial charge in [-0.05, 0) is 39.3 Å². The van der Waals surface area contributed by atoms with E-state index in [0.29, 0.717) is 0 Å². The monoisotopic (exact) mass is 171 g/mol. The van der Waals surface area contributed by atoms with Gasteiger partial charge in [-0.3, -0.25) is 0 Å². The molecule has 0 aliphatic carbocycles. The van der Waals surface area contributed by atoms with Crippen LogP contribution in [0.1, 0.15) is 26.7 Å². The number of methoxy groups -OCH3 is 1. The van der Waals surface area contributed by atoms with Crippen LogP contribution in [0.2, 0.25) is 0 Å². The number of nitrogens with zero attached hydrogens (tertiary/aromatic N) is 1. The second-order valence-electron chi connectivity index (χ2n) is 4.49. The summed E-state index contributed by atoms with van der Waals surface area (Å²) >= 11 is 0. The Labute approximate surface area is 75.9 Å². The van der Waals surface area contributed by atoms with Crippen LogP contribution in [0, 0.1) is 5.92 Å². The Morgan fingerprint density at radius 3 is 2.75 bits per heavy atom. The summed E-state index contributed by atoms with van der Waals surface area (Å²) in [5.74, 6) is 0.792. The van der Waals surface area contributed by atoms with Crippen molar-refractivity contribution in [1.29, 1.82) is 0 Å². The van der Waals surface area contributed by atoms with E-state index in [1.807, 2.05) is 7.11 Å². The highest BCUT2D eigenvalue weighted by Gasteiger charge is 2.30. The highest BCUT2D eigenvalue weighted by Crippen LogP contribution is 2.26. The lowest BCUT2D eigenvalue weighted by molar-refractivity contribution is -0.0216. The number of ether oxygens (including phenoxy) is 1. The van der Waals surface area contributed by atoms with E-state index in [1.165, 1.54) is 19.4 Å². The average molecular weight is 171 g/mol. The number of rotatable bonds is 1. The maximum atomic E-state index is 5.56. The van der Waals surface area contributed by atoms with Crippen molar-refractivity contribution in [2.45, 2.75) is 32.3 Å². The molecule has 0 amide bonds. The first-order chi connectivity index (χ1) is 5.56. The van der Waals surface area contributed by atoms with Gasteiger partial charge in [0.2, 0.25) is 0 Å². The molecular weight excluding hydrogens is 150 g/mol. The van der Waals surface area contributed by atoms with Crippen molar-refractivity contribution in [3.8, 4) is 0 Å². The van der Waals surface area contributed by atoms with Gasteiger partial charge in [-0.25, -0.2) is 0 Å². The van der Waals surface area contributed by atoms with Crippen LogP contribution in [0.15, 0.2) is 0 Å². The summed E-state index contributed by atoms with van der Waals surface area (Å²) in [5, 5.41) is 0. The van der Waals surface area contributed by atoms with E-state index in [0.717, 1.165) is 12.5 Å². The van der Waals surface area contributed by atoms with E-state index < -0.39 is 0 Å². The fraction of sp³-hybridized carbons (Fsp3) is 1.00. The molecule has 1 aliphatic rings. The third-order valence-electron chi connectivity index (χ3n) is 2.88. The molecular formula is C10H21NO. The summed E-state index contributed by atoms with van der Waals surface area (Å²) < 4.78 is 5.56. The first-order valence-electron chi connectivity index (χ1n) is 4.79. The minimum Gasteiger partial charge on any atom is -0.377 e. The number of likely N-dealkylation sites (tertiary alicyclic amines) is 1. The van der Waals surface area contributed by atoms with E-state index >= 15 is 0 Å².